The molecule has 0 aromatic heterocycles. The van der Waals surface area contributed by atoms with Gasteiger partial charge in [0.1, 0.15) is 0 Å². The molecule has 0 radical (unpaired) electrons. The molecule has 0 unspecified atom stereocenters. The molecule has 98 valence electrons. The Balaban J connectivity index is 1.73. The SMILES string of the molecule is Clc1ccc(CNCCC2=CCCCC2)c(Br)c1. The monoisotopic (exact) mass is 327 g/mol. The maximum absolute atomic E-state index is 5.92. The summed E-state index contributed by atoms with van der Waals surface area (Å²) in [4.78, 5) is 0. The first-order chi connectivity index (χ1) is 8.75. The second-order valence-electron chi connectivity index (χ2n) is 4.77. The Labute approximate surface area is 123 Å². The van der Waals surface area contributed by atoms with Crippen LogP contribution in [0, 0.1) is 0 Å². The lowest BCUT2D eigenvalue weighted by Crippen LogP contribution is -2.16. The molecular weight excluding hydrogens is 310 g/mol. The minimum atomic E-state index is 0.776. The molecule has 0 heterocycles. The molecule has 1 aliphatic carbocycles. The van der Waals surface area contributed by atoms with E-state index in [0.717, 1.165) is 22.6 Å². The highest BCUT2D eigenvalue weighted by atomic mass is 79.9. The van der Waals surface area contributed by atoms with Crippen molar-refractivity contribution in [3.8, 4) is 0 Å². The van der Waals surface area contributed by atoms with Crippen molar-refractivity contribution in [1.82, 2.24) is 5.32 Å². The highest BCUT2D eigenvalue weighted by Gasteiger charge is 2.04. The fourth-order valence-electron chi connectivity index (χ4n) is 2.27. The van der Waals surface area contributed by atoms with Crippen molar-refractivity contribution in [2.45, 2.75) is 38.6 Å². The highest BCUT2D eigenvalue weighted by molar-refractivity contribution is 9.10. The van der Waals surface area contributed by atoms with Gasteiger partial charge >= 0.3 is 0 Å². The van der Waals surface area contributed by atoms with Crippen molar-refractivity contribution in [2.75, 3.05) is 6.54 Å². The number of allylic oxidation sites excluding steroid dienone is 1. The summed E-state index contributed by atoms with van der Waals surface area (Å²) in [5, 5.41) is 4.27. The van der Waals surface area contributed by atoms with E-state index in [9.17, 15) is 0 Å². The lowest BCUT2D eigenvalue weighted by Gasteiger charge is -2.13. The molecule has 1 N–H and O–H groups in total. The van der Waals surface area contributed by atoms with Crippen LogP contribution in [0.3, 0.4) is 0 Å². The molecule has 0 bridgehead atoms. The van der Waals surface area contributed by atoms with Crippen LogP contribution < -0.4 is 5.32 Å². The predicted molar refractivity (Wildman–Crippen MR) is 82.0 cm³/mol. The second kappa shape index (κ2) is 7.32. The summed E-state index contributed by atoms with van der Waals surface area (Å²) in [6, 6.07) is 5.95. The normalized spacial score (nSPS) is 15.6. The van der Waals surface area contributed by atoms with Gasteiger partial charge in [0.15, 0.2) is 0 Å². The fraction of sp³-hybridized carbons (Fsp3) is 0.467. The lowest BCUT2D eigenvalue weighted by atomic mass is 9.97. The van der Waals surface area contributed by atoms with E-state index >= 15 is 0 Å². The predicted octanol–water partition coefficient (Wildman–Crippen LogP) is 5.08. The van der Waals surface area contributed by atoms with Crippen LogP contribution in [0.15, 0.2) is 34.3 Å². The van der Waals surface area contributed by atoms with Crippen molar-refractivity contribution >= 4 is 27.5 Å². The molecule has 1 aliphatic rings. The summed E-state index contributed by atoms with van der Waals surface area (Å²) in [6.45, 7) is 1.95. The number of hydrogen-bond donors (Lipinski definition) is 1. The topological polar surface area (TPSA) is 12.0 Å². The molecule has 0 aliphatic heterocycles. The molecule has 1 aromatic rings. The van der Waals surface area contributed by atoms with Crippen LogP contribution in [0.4, 0.5) is 0 Å². The molecule has 0 atom stereocenters. The molecular formula is C15H19BrClN. The summed E-state index contributed by atoms with van der Waals surface area (Å²) < 4.78 is 1.08. The van der Waals surface area contributed by atoms with E-state index in [-0.39, 0.29) is 0 Å². The largest absolute Gasteiger partial charge is 0.312 e. The molecule has 0 fully saturated rings. The van der Waals surface area contributed by atoms with Gasteiger partial charge in [0.2, 0.25) is 0 Å². The maximum atomic E-state index is 5.92. The molecule has 0 saturated carbocycles. The third-order valence-corrected chi connectivity index (χ3v) is 4.31. The Morgan fingerprint density at radius 1 is 1.28 bits per heavy atom. The van der Waals surface area contributed by atoms with Crippen LogP contribution in [-0.2, 0) is 6.54 Å². The Hall–Kier alpha value is -0.310. The number of benzene rings is 1. The zero-order valence-corrected chi connectivity index (χ0v) is 12.9. The molecule has 2 rings (SSSR count). The summed E-state index contributed by atoms with van der Waals surface area (Å²) in [5.41, 5.74) is 2.89. The quantitative estimate of drug-likeness (QED) is 0.587. The Morgan fingerprint density at radius 3 is 2.89 bits per heavy atom. The van der Waals surface area contributed by atoms with Gasteiger partial charge in [-0.05, 0) is 56.3 Å². The van der Waals surface area contributed by atoms with Crippen molar-refractivity contribution in [2.24, 2.45) is 0 Å². The average molecular weight is 329 g/mol. The van der Waals surface area contributed by atoms with E-state index in [1.54, 1.807) is 5.57 Å². The molecule has 0 saturated heterocycles. The van der Waals surface area contributed by atoms with Crippen LogP contribution >= 0.6 is 27.5 Å². The maximum Gasteiger partial charge on any atom is 0.0417 e. The minimum absolute atomic E-state index is 0.776. The fourth-order valence-corrected chi connectivity index (χ4v) is 3.09. The van der Waals surface area contributed by atoms with Gasteiger partial charge in [-0.3, -0.25) is 0 Å². The molecule has 1 nitrogen and oxygen atoms in total. The van der Waals surface area contributed by atoms with Crippen LogP contribution in [0.5, 0.6) is 0 Å². The van der Waals surface area contributed by atoms with E-state index in [1.165, 1.54) is 37.7 Å². The van der Waals surface area contributed by atoms with Gasteiger partial charge in [-0.1, -0.05) is 45.2 Å². The van der Waals surface area contributed by atoms with E-state index in [2.05, 4.69) is 33.4 Å². The van der Waals surface area contributed by atoms with Gasteiger partial charge in [0.05, 0.1) is 0 Å². The number of nitrogens with one attached hydrogen (secondary N) is 1. The van der Waals surface area contributed by atoms with E-state index in [1.807, 2.05) is 12.1 Å². The van der Waals surface area contributed by atoms with Crippen molar-refractivity contribution in [3.05, 3.63) is 44.9 Å². The molecule has 0 amide bonds. The van der Waals surface area contributed by atoms with E-state index in [4.69, 9.17) is 11.6 Å². The van der Waals surface area contributed by atoms with E-state index < -0.39 is 0 Å². The lowest BCUT2D eigenvalue weighted by molar-refractivity contribution is 0.632. The van der Waals surface area contributed by atoms with Crippen LogP contribution in [-0.4, -0.2) is 6.54 Å². The molecule has 1 aromatic carbocycles. The van der Waals surface area contributed by atoms with Crippen molar-refractivity contribution < 1.29 is 0 Å². The van der Waals surface area contributed by atoms with Gasteiger partial charge in [0.25, 0.3) is 0 Å². The number of hydrogen-bond acceptors (Lipinski definition) is 1. The van der Waals surface area contributed by atoms with Crippen molar-refractivity contribution in [1.29, 1.82) is 0 Å². The van der Waals surface area contributed by atoms with E-state index in [0.29, 0.717) is 0 Å². The first kappa shape index (κ1) is 14.1. The summed E-state index contributed by atoms with van der Waals surface area (Å²) in [5.74, 6) is 0. The first-order valence-electron chi connectivity index (χ1n) is 6.58. The van der Waals surface area contributed by atoms with Crippen LogP contribution in [0.25, 0.3) is 0 Å². The average Bonchev–Trinajstić information content (AvgIpc) is 2.38. The molecule has 3 heteroatoms. The van der Waals surface area contributed by atoms with Crippen LogP contribution in [0.2, 0.25) is 5.02 Å². The van der Waals surface area contributed by atoms with Gasteiger partial charge in [-0.25, -0.2) is 0 Å². The van der Waals surface area contributed by atoms with Gasteiger partial charge in [-0.15, -0.1) is 0 Å². The number of rotatable bonds is 5. The zero-order chi connectivity index (χ0) is 12.8. The zero-order valence-electron chi connectivity index (χ0n) is 10.5. The minimum Gasteiger partial charge on any atom is -0.312 e. The highest BCUT2D eigenvalue weighted by Crippen LogP contribution is 2.22. The van der Waals surface area contributed by atoms with Gasteiger partial charge < -0.3 is 5.32 Å². The second-order valence-corrected chi connectivity index (χ2v) is 6.06. The summed E-state index contributed by atoms with van der Waals surface area (Å²) in [7, 11) is 0. The third kappa shape index (κ3) is 4.42. The smallest absolute Gasteiger partial charge is 0.0417 e. The standard InChI is InChI=1S/C15H19BrClN/c16-15-10-14(17)7-6-13(15)11-18-9-8-12-4-2-1-3-5-12/h4,6-7,10,18H,1-3,5,8-9,11H2. The van der Waals surface area contributed by atoms with Gasteiger partial charge in [0, 0.05) is 16.0 Å². The third-order valence-electron chi connectivity index (χ3n) is 3.34. The Morgan fingerprint density at radius 2 is 2.17 bits per heavy atom. The first-order valence-corrected chi connectivity index (χ1v) is 7.75. The molecule has 0 spiro atoms. The van der Waals surface area contributed by atoms with Crippen molar-refractivity contribution in [3.63, 3.8) is 0 Å². The Bertz CT molecular complexity index is 429. The molecule has 18 heavy (non-hydrogen) atoms. The summed E-state index contributed by atoms with van der Waals surface area (Å²) in [6.07, 6.45) is 8.92. The van der Waals surface area contributed by atoms with Crippen LogP contribution in [0.1, 0.15) is 37.7 Å². The van der Waals surface area contributed by atoms with Gasteiger partial charge in [-0.2, -0.15) is 0 Å². The Kier molecular flexibility index (Phi) is 5.74. The number of halogens is 2. The summed E-state index contributed by atoms with van der Waals surface area (Å²) >= 11 is 9.46.